The van der Waals surface area contributed by atoms with E-state index < -0.39 is 11.9 Å². The number of ketones is 1. The topological polar surface area (TPSA) is 43.4 Å². The average Bonchev–Trinajstić information content (AvgIpc) is 2.22. The highest BCUT2D eigenvalue weighted by molar-refractivity contribution is 6.00. The van der Waals surface area contributed by atoms with E-state index in [0.717, 1.165) is 6.42 Å². The molecule has 1 saturated carbocycles. The van der Waals surface area contributed by atoms with Crippen LogP contribution in [0.3, 0.4) is 0 Å². The second-order valence-electron chi connectivity index (χ2n) is 5.27. The van der Waals surface area contributed by atoms with Crippen molar-refractivity contribution in [2.24, 2.45) is 17.3 Å². The third kappa shape index (κ3) is 2.71. The predicted octanol–water partition coefficient (Wildman–Crippen LogP) is 2.36. The standard InChI is InChI=1S/C13H20O3/c1-5-6-9-7-13(2,3)8-10(11(9)14)12(15)16-4/h5,9-10H,1,6-8H2,2-4H3. The summed E-state index contributed by atoms with van der Waals surface area (Å²) < 4.78 is 4.69. The molecule has 16 heavy (non-hydrogen) atoms. The van der Waals surface area contributed by atoms with Crippen LogP contribution in [-0.4, -0.2) is 18.9 Å². The van der Waals surface area contributed by atoms with Gasteiger partial charge in [-0.25, -0.2) is 0 Å². The summed E-state index contributed by atoms with van der Waals surface area (Å²) in [5.74, 6) is -1.04. The molecule has 0 heterocycles. The Morgan fingerprint density at radius 3 is 2.69 bits per heavy atom. The van der Waals surface area contributed by atoms with Crippen molar-refractivity contribution in [2.75, 3.05) is 7.11 Å². The van der Waals surface area contributed by atoms with Gasteiger partial charge in [-0.3, -0.25) is 9.59 Å². The summed E-state index contributed by atoms with van der Waals surface area (Å²) in [6.45, 7) is 7.84. The van der Waals surface area contributed by atoms with Crippen LogP contribution in [0, 0.1) is 17.3 Å². The molecular formula is C13H20O3. The highest BCUT2D eigenvalue weighted by Crippen LogP contribution is 2.41. The number of ether oxygens (including phenoxy) is 1. The maximum atomic E-state index is 12.1. The Balaban J connectivity index is 2.88. The molecule has 3 heteroatoms. The van der Waals surface area contributed by atoms with Crippen molar-refractivity contribution in [2.45, 2.75) is 33.1 Å². The lowest BCUT2D eigenvalue weighted by molar-refractivity contribution is -0.154. The highest BCUT2D eigenvalue weighted by Gasteiger charge is 2.43. The van der Waals surface area contributed by atoms with Crippen LogP contribution in [0.5, 0.6) is 0 Å². The zero-order valence-electron chi connectivity index (χ0n) is 10.3. The number of methoxy groups -OCH3 is 1. The molecule has 1 aliphatic rings. The number of rotatable bonds is 3. The van der Waals surface area contributed by atoms with Crippen molar-refractivity contribution in [3.63, 3.8) is 0 Å². The smallest absolute Gasteiger partial charge is 0.316 e. The van der Waals surface area contributed by atoms with Gasteiger partial charge in [-0.05, 0) is 24.7 Å². The van der Waals surface area contributed by atoms with Gasteiger partial charge in [-0.15, -0.1) is 6.58 Å². The van der Waals surface area contributed by atoms with E-state index >= 15 is 0 Å². The Kier molecular flexibility index (Phi) is 3.89. The van der Waals surface area contributed by atoms with Crippen LogP contribution in [0.2, 0.25) is 0 Å². The first kappa shape index (κ1) is 12.9. The zero-order chi connectivity index (χ0) is 12.3. The minimum absolute atomic E-state index is 0.0143. The Labute approximate surface area is 96.9 Å². The molecule has 0 radical (unpaired) electrons. The normalized spacial score (nSPS) is 28.6. The molecule has 0 aromatic heterocycles. The summed E-state index contributed by atoms with van der Waals surface area (Å²) >= 11 is 0. The molecule has 2 unspecified atom stereocenters. The van der Waals surface area contributed by atoms with Gasteiger partial charge in [-0.2, -0.15) is 0 Å². The summed E-state index contributed by atoms with van der Waals surface area (Å²) in [5, 5.41) is 0. The lowest BCUT2D eigenvalue weighted by Gasteiger charge is -2.37. The van der Waals surface area contributed by atoms with Gasteiger partial charge in [0.15, 0.2) is 5.78 Å². The maximum Gasteiger partial charge on any atom is 0.316 e. The number of hydrogen-bond acceptors (Lipinski definition) is 3. The fourth-order valence-electron chi connectivity index (χ4n) is 2.53. The van der Waals surface area contributed by atoms with E-state index in [1.807, 2.05) is 0 Å². The number of carbonyl (C=O) groups excluding carboxylic acids is 2. The summed E-state index contributed by atoms with van der Waals surface area (Å²) in [6, 6.07) is 0. The third-order valence-electron chi connectivity index (χ3n) is 3.24. The van der Waals surface area contributed by atoms with E-state index in [1.165, 1.54) is 7.11 Å². The zero-order valence-corrected chi connectivity index (χ0v) is 10.3. The number of Topliss-reactive ketones (excluding diaryl/α,β-unsaturated/α-hetero) is 1. The van der Waals surface area contributed by atoms with Crippen molar-refractivity contribution in [1.82, 2.24) is 0 Å². The maximum absolute atomic E-state index is 12.1. The Bertz CT molecular complexity index is 304. The van der Waals surface area contributed by atoms with Crippen LogP contribution in [0.4, 0.5) is 0 Å². The van der Waals surface area contributed by atoms with Gasteiger partial charge in [0.2, 0.25) is 0 Å². The average molecular weight is 224 g/mol. The SMILES string of the molecule is C=CCC1CC(C)(C)CC(C(=O)OC)C1=O. The van der Waals surface area contributed by atoms with E-state index in [4.69, 9.17) is 4.74 Å². The van der Waals surface area contributed by atoms with Gasteiger partial charge in [0, 0.05) is 5.92 Å². The molecule has 0 amide bonds. The summed E-state index contributed by atoms with van der Waals surface area (Å²) in [4.78, 5) is 23.6. The molecule has 3 nitrogen and oxygen atoms in total. The fourth-order valence-corrected chi connectivity index (χ4v) is 2.53. The largest absolute Gasteiger partial charge is 0.468 e. The lowest BCUT2D eigenvalue weighted by Crippen LogP contribution is -2.41. The van der Waals surface area contributed by atoms with Gasteiger partial charge in [0.1, 0.15) is 5.92 Å². The van der Waals surface area contributed by atoms with Crippen molar-refractivity contribution in [3.05, 3.63) is 12.7 Å². The monoisotopic (exact) mass is 224 g/mol. The molecule has 1 aliphatic carbocycles. The predicted molar refractivity (Wildman–Crippen MR) is 61.8 cm³/mol. The van der Waals surface area contributed by atoms with Gasteiger partial charge in [0.05, 0.1) is 7.11 Å². The molecule has 2 atom stereocenters. The second kappa shape index (κ2) is 4.81. The van der Waals surface area contributed by atoms with E-state index in [0.29, 0.717) is 12.8 Å². The van der Waals surface area contributed by atoms with Gasteiger partial charge in [-0.1, -0.05) is 19.9 Å². The molecule has 1 rings (SSSR count). The van der Waals surface area contributed by atoms with E-state index in [1.54, 1.807) is 6.08 Å². The lowest BCUT2D eigenvalue weighted by atomic mass is 9.66. The fraction of sp³-hybridized carbons (Fsp3) is 0.692. The van der Waals surface area contributed by atoms with Crippen LogP contribution >= 0.6 is 0 Å². The molecule has 1 fully saturated rings. The van der Waals surface area contributed by atoms with Crippen LogP contribution in [0.1, 0.15) is 33.1 Å². The Morgan fingerprint density at radius 2 is 2.19 bits per heavy atom. The first-order valence-corrected chi connectivity index (χ1v) is 5.63. The van der Waals surface area contributed by atoms with Crippen molar-refractivity contribution >= 4 is 11.8 Å². The van der Waals surface area contributed by atoms with E-state index in [2.05, 4.69) is 20.4 Å². The molecular weight excluding hydrogens is 204 g/mol. The minimum atomic E-state index is -0.585. The molecule has 0 N–H and O–H groups in total. The molecule has 0 bridgehead atoms. The van der Waals surface area contributed by atoms with Crippen LogP contribution < -0.4 is 0 Å². The van der Waals surface area contributed by atoms with Gasteiger partial charge < -0.3 is 4.74 Å². The first-order valence-electron chi connectivity index (χ1n) is 5.63. The molecule has 90 valence electrons. The van der Waals surface area contributed by atoms with E-state index in [-0.39, 0.29) is 17.1 Å². The second-order valence-corrected chi connectivity index (χ2v) is 5.27. The molecule has 0 saturated heterocycles. The molecule has 0 aromatic carbocycles. The van der Waals surface area contributed by atoms with Gasteiger partial charge in [0.25, 0.3) is 0 Å². The van der Waals surface area contributed by atoms with Crippen molar-refractivity contribution in [3.8, 4) is 0 Å². The van der Waals surface area contributed by atoms with Crippen LogP contribution in [0.25, 0.3) is 0 Å². The first-order chi connectivity index (χ1) is 7.41. The number of hydrogen-bond donors (Lipinski definition) is 0. The molecule has 0 aromatic rings. The van der Waals surface area contributed by atoms with Crippen LogP contribution in [-0.2, 0) is 14.3 Å². The number of allylic oxidation sites excluding steroid dienone is 1. The highest BCUT2D eigenvalue weighted by atomic mass is 16.5. The van der Waals surface area contributed by atoms with Crippen molar-refractivity contribution < 1.29 is 14.3 Å². The summed E-state index contributed by atoms with van der Waals surface area (Å²) in [5.41, 5.74) is 0.0143. The Morgan fingerprint density at radius 1 is 1.56 bits per heavy atom. The molecule has 0 spiro atoms. The minimum Gasteiger partial charge on any atom is -0.468 e. The van der Waals surface area contributed by atoms with E-state index in [9.17, 15) is 9.59 Å². The van der Waals surface area contributed by atoms with Crippen molar-refractivity contribution in [1.29, 1.82) is 0 Å². The van der Waals surface area contributed by atoms with Crippen LogP contribution in [0.15, 0.2) is 12.7 Å². The summed E-state index contributed by atoms with van der Waals surface area (Å²) in [6.07, 6.45) is 3.81. The number of carbonyl (C=O) groups is 2. The van der Waals surface area contributed by atoms with Gasteiger partial charge >= 0.3 is 5.97 Å². The third-order valence-corrected chi connectivity index (χ3v) is 3.24. The Hall–Kier alpha value is -1.12. The molecule has 0 aliphatic heterocycles. The number of esters is 1. The summed E-state index contributed by atoms with van der Waals surface area (Å²) in [7, 11) is 1.33. The quantitative estimate of drug-likeness (QED) is 0.420.